The number of hydrogen-bond donors (Lipinski definition) is 0. The summed E-state index contributed by atoms with van der Waals surface area (Å²) in [6.07, 6.45) is -4.26. The van der Waals surface area contributed by atoms with E-state index in [1.165, 1.54) is 7.11 Å². The third-order valence-corrected chi connectivity index (χ3v) is 5.28. The molecule has 164 valence electrons. The molecular formula is C23H24O8. The van der Waals surface area contributed by atoms with Crippen molar-refractivity contribution in [2.45, 2.75) is 50.5 Å². The van der Waals surface area contributed by atoms with Gasteiger partial charge in [-0.1, -0.05) is 36.4 Å². The fourth-order valence-electron chi connectivity index (χ4n) is 3.60. The van der Waals surface area contributed by atoms with E-state index in [0.29, 0.717) is 11.1 Å². The first-order valence-corrected chi connectivity index (χ1v) is 9.98. The number of methoxy groups -OCH3 is 1. The van der Waals surface area contributed by atoms with Crippen LogP contribution in [-0.4, -0.2) is 55.7 Å². The van der Waals surface area contributed by atoms with Crippen LogP contribution in [-0.2, 0) is 28.4 Å². The van der Waals surface area contributed by atoms with E-state index in [0.717, 1.165) is 0 Å². The van der Waals surface area contributed by atoms with Gasteiger partial charge in [0.1, 0.15) is 0 Å². The minimum absolute atomic E-state index is 0.361. The van der Waals surface area contributed by atoms with Crippen molar-refractivity contribution >= 4 is 11.9 Å². The predicted molar refractivity (Wildman–Crippen MR) is 107 cm³/mol. The largest absolute Gasteiger partial charge is 0.452 e. The predicted octanol–water partition coefficient (Wildman–Crippen LogP) is 2.92. The Hall–Kier alpha value is -2.78. The van der Waals surface area contributed by atoms with Crippen LogP contribution in [0.5, 0.6) is 0 Å². The van der Waals surface area contributed by atoms with Crippen molar-refractivity contribution in [1.29, 1.82) is 0 Å². The van der Waals surface area contributed by atoms with Gasteiger partial charge < -0.3 is 23.7 Å². The lowest BCUT2D eigenvalue weighted by molar-refractivity contribution is -0.333. The summed E-state index contributed by atoms with van der Waals surface area (Å²) in [6.45, 7) is 3.30. The third-order valence-electron chi connectivity index (χ3n) is 5.28. The van der Waals surface area contributed by atoms with Gasteiger partial charge in [-0.3, -0.25) is 4.74 Å². The second kappa shape index (κ2) is 8.76. The Balaban J connectivity index is 1.61. The van der Waals surface area contributed by atoms with Gasteiger partial charge in [-0.15, -0.1) is 0 Å². The summed E-state index contributed by atoms with van der Waals surface area (Å²) in [6, 6.07) is 17.1. The molecule has 31 heavy (non-hydrogen) atoms. The van der Waals surface area contributed by atoms with E-state index in [1.54, 1.807) is 74.5 Å². The molecule has 0 spiro atoms. The molecule has 1 unspecified atom stereocenters. The summed E-state index contributed by atoms with van der Waals surface area (Å²) in [5, 5.41) is 0. The topological polar surface area (TPSA) is 89.5 Å². The maximum absolute atomic E-state index is 12.8. The Morgan fingerprint density at radius 3 is 1.87 bits per heavy atom. The van der Waals surface area contributed by atoms with Crippen molar-refractivity contribution in [3.05, 3.63) is 71.8 Å². The number of carbonyl (C=O) groups is 2. The molecule has 2 aromatic carbocycles. The van der Waals surface area contributed by atoms with Crippen LogP contribution in [0.3, 0.4) is 0 Å². The number of rotatable bonds is 5. The van der Waals surface area contributed by atoms with Gasteiger partial charge in [0.15, 0.2) is 24.6 Å². The van der Waals surface area contributed by atoms with E-state index in [2.05, 4.69) is 0 Å². The third kappa shape index (κ3) is 4.47. The Morgan fingerprint density at radius 1 is 0.839 bits per heavy atom. The number of fused-ring (bicyclic) bond motifs is 1. The molecule has 8 heteroatoms. The fraction of sp³-hybridized carbons (Fsp3) is 0.391. The molecule has 2 saturated heterocycles. The summed E-state index contributed by atoms with van der Waals surface area (Å²) in [5.74, 6) is -2.52. The molecule has 0 bridgehead atoms. The van der Waals surface area contributed by atoms with Gasteiger partial charge in [0.05, 0.1) is 17.2 Å². The summed E-state index contributed by atoms with van der Waals surface area (Å²) in [5.41, 5.74) is 0.732. The first kappa shape index (κ1) is 21.5. The van der Waals surface area contributed by atoms with Crippen molar-refractivity contribution < 1.29 is 38.0 Å². The standard InChI is InChI=1S/C23H24O8/c1-14-17(28-20(24)15-10-6-4-7-11-15)18(29-21(25)16-12-8-5-9-13-16)19-22(27-14)31-23(2,26-3)30-19/h4-14,17-19,22H,1-3H3/t14-,17-,18+,19+,22+,23?/m0/s1. The molecule has 8 nitrogen and oxygen atoms in total. The molecule has 0 aliphatic carbocycles. The number of hydrogen-bond acceptors (Lipinski definition) is 8. The van der Waals surface area contributed by atoms with Crippen LogP contribution in [0.15, 0.2) is 60.7 Å². The molecule has 0 aromatic heterocycles. The molecule has 6 atom stereocenters. The van der Waals surface area contributed by atoms with Crippen LogP contribution >= 0.6 is 0 Å². The fourth-order valence-corrected chi connectivity index (χ4v) is 3.60. The van der Waals surface area contributed by atoms with Crippen LogP contribution in [0, 0.1) is 0 Å². The number of carbonyl (C=O) groups excluding carboxylic acids is 2. The maximum Gasteiger partial charge on any atom is 0.338 e. The van der Waals surface area contributed by atoms with Crippen molar-refractivity contribution in [3.8, 4) is 0 Å². The van der Waals surface area contributed by atoms with Crippen molar-refractivity contribution in [2.24, 2.45) is 0 Å². The second-order valence-electron chi connectivity index (χ2n) is 7.45. The van der Waals surface area contributed by atoms with Crippen LogP contribution in [0.2, 0.25) is 0 Å². The lowest BCUT2D eigenvalue weighted by Gasteiger charge is -2.40. The molecule has 2 aliphatic heterocycles. The van der Waals surface area contributed by atoms with Crippen LogP contribution in [0.25, 0.3) is 0 Å². The summed E-state index contributed by atoms with van der Waals surface area (Å²) >= 11 is 0. The summed E-state index contributed by atoms with van der Waals surface area (Å²) in [7, 11) is 1.43. The van der Waals surface area contributed by atoms with Gasteiger partial charge in [0.25, 0.3) is 5.97 Å². The Morgan fingerprint density at radius 2 is 1.35 bits per heavy atom. The number of benzene rings is 2. The van der Waals surface area contributed by atoms with E-state index in [9.17, 15) is 9.59 Å². The highest BCUT2D eigenvalue weighted by molar-refractivity contribution is 5.90. The van der Waals surface area contributed by atoms with Crippen molar-refractivity contribution in [3.63, 3.8) is 0 Å². The SMILES string of the molecule is COC1(C)O[C@H]2O[C@@H](C)[C@H](OC(=O)c3ccccc3)[C@@H](OC(=O)c3ccccc3)[C@H]2O1. The monoisotopic (exact) mass is 428 g/mol. The quantitative estimate of drug-likeness (QED) is 0.672. The van der Waals surface area contributed by atoms with Gasteiger partial charge in [0.2, 0.25) is 0 Å². The highest BCUT2D eigenvalue weighted by atomic mass is 16.9. The molecule has 0 amide bonds. The minimum Gasteiger partial charge on any atom is -0.452 e. The second-order valence-corrected chi connectivity index (χ2v) is 7.45. The number of esters is 2. The van der Waals surface area contributed by atoms with E-state index in [4.69, 9.17) is 28.4 Å². The molecular weight excluding hydrogens is 404 g/mol. The molecule has 0 saturated carbocycles. The van der Waals surface area contributed by atoms with E-state index < -0.39 is 48.6 Å². The Bertz CT molecular complexity index is 918. The molecule has 2 aliphatic rings. The zero-order valence-electron chi connectivity index (χ0n) is 17.4. The van der Waals surface area contributed by atoms with E-state index >= 15 is 0 Å². The zero-order chi connectivity index (χ0) is 22.0. The lowest BCUT2D eigenvalue weighted by Crippen LogP contribution is -2.58. The highest BCUT2D eigenvalue weighted by Gasteiger charge is 2.58. The van der Waals surface area contributed by atoms with Crippen LogP contribution in [0.4, 0.5) is 0 Å². The van der Waals surface area contributed by atoms with Gasteiger partial charge in [0, 0.05) is 14.0 Å². The normalized spacial score (nSPS) is 32.2. The van der Waals surface area contributed by atoms with Crippen molar-refractivity contribution in [1.82, 2.24) is 0 Å². The maximum atomic E-state index is 12.8. The van der Waals surface area contributed by atoms with E-state index in [1.807, 2.05) is 0 Å². The van der Waals surface area contributed by atoms with Crippen LogP contribution < -0.4 is 0 Å². The molecule has 2 heterocycles. The summed E-state index contributed by atoms with van der Waals surface area (Å²) < 4.78 is 34.3. The van der Waals surface area contributed by atoms with Gasteiger partial charge >= 0.3 is 11.9 Å². The van der Waals surface area contributed by atoms with Crippen LogP contribution in [0.1, 0.15) is 34.6 Å². The van der Waals surface area contributed by atoms with Crippen molar-refractivity contribution in [2.75, 3.05) is 7.11 Å². The number of ether oxygens (including phenoxy) is 6. The summed E-state index contributed by atoms with van der Waals surface area (Å²) in [4.78, 5) is 25.5. The molecule has 4 rings (SSSR count). The molecule has 2 fully saturated rings. The minimum atomic E-state index is -1.38. The smallest absolute Gasteiger partial charge is 0.338 e. The Kier molecular flexibility index (Phi) is 6.06. The molecule has 2 aromatic rings. The first-order valence-electron chi connectivity index (χ1n) is 9.98. The molecule has 0 radical (unpaired) electrons. The average Bonchev–Trinajstić information content (AvgIpc) is 3.13. The first-order chi connectivity index (χ1) is 14.9. The van der Waals surface area contributed by atoms with E-state index in [-0.39, 0.29) is 0 Å². The highest BCUT2D eigenvalue weighted by Crippen LogP contribution is 2.39. The average molecular weight is 428 g/mol. The molecule has 0 N–H and O–H groups in total. The lowest BCUT2D eigenvalue weighted by atomic mass is 9.99. The Labute approximate surface area is 179 Å². The van der Waals surface area contributed by atoms with Gasteiger partial charge in [-0.05, 0) is 31.2 Å². The zero-order valence-corrected chi connectivity index (χ0v) is 17.4. The van der Waals surface area contributed by atoms with Gasteiger partial charge in [-0.2, -0.15) is 0 Å². The van der Waals surface area contributed by atoms with Gasteiger partial charge in [-0.25, -0.2) is 9.59 Å².